The Morgan fingerprint density at radius 2 is 1.81 bits per heavy atom. The van der Waals surface area contributed by atoms with Crippen LogP contribution in [-0.4, -0.2) is 5.88 Å². The van der Waals surface area contributed by atoms with Crippen LogP contribution in [0.3, 0.4) is 0 Å². The Morgan fingerprint density at radius 1 is 1.00 bits per heavy atom. The molecule has 0 bridgehead atoms. The fraction of sp³-hybridized carbons (Fsp3) is 0.263. The molecule has 1 nitrogen and oxygen atoms in total. The topological polar surface area (TPSA) is 9.23 Å². The van der Waals surface area contributed by atoms with Crippen LogP contribution >= 0.6 is 11.6 Å². The standard InChI is InChI=1S/C19H17ClO/c20-12-2-3-15-7-10-19(11-8-15)21-14-16-6-9-17-4-1-5-18(17)13-16/h6-11,13H,1,4-5,12,14H2. The molecule has 3 rings (SSSR count). The molecule has 0 heterocycles. The van der Waals surface area contributed by atoms with Crippen molar-refractivity contribution in [1.82, 2.24) is 0 Å². The number of fused-ring (bicyclic) bond motifs is 1. The van der Waals surface area contributed by atoms with Gasteiger partial charge in [0.15, 0.2) is 0 Å². The van der Waals surface area contributed by atoms with Gasteiger partial charge >= 0.3 is 0 Å². The van der Waals surface area contributed by atoms with Gasteiger partial charge in [0.1, 0.15) is 12.4 Å². The molecular formula is C19H17ClO. The first-order valence-corrected chi connectivity index (χ1v) is 7.77. The zero-order valence-corrected chi connectivity index (χ0v) is 12.6. The van der Waals surface area contributed by atoms with E-state index in [2.05, 4.69) is 30.0 Å². The van der Waals surface area contributed by atoms with Gasteiger partial charge in [-0.3, -0.25) is 0 Å². The van der Waals surface area contributed by atoms with Gasteiger partial charge < -0.3 is 4.74 Å². The lowest BCUT2D eigenvalue weighted by Crippen LogP contribution is -1.96. The van der Waals surface area contributed by atoms with Crippen molar-refractivity contribution < 1.29 is 4.74 Å². The minimum absolute atomic E-state index is 0.358. The second kappa shape index (κ2) is 6.70. The monoisotopic (exact) mass is 296 g/mol. The lowest BCUT2D eigenvalue weighted by atomic mass is 10.1. The van der Waals surface area contributed by atoms with Crippen LogP contribution in [0.15, 0.2) is 42.5 Å². The van der Waals surface area contributed by atoms with Gasteiger partial charge in [-0.25, -0.2) is 0 Å². The second-order valence-electron chi connectivity index (χ2n) is 5.21. The van der Waals surface area contributed by atoms with Crippen molar-refractivity contribution in [1.29, 1.82) is 0 Å². The number of hydrogen-bond acceptors (Lipinski definition) is 1. The van der Waals surface area contributed by atoms with E-state index in [0.29, 0.717) is 12.5 Å². The molecule has 2 aromatic carbocycles. The summed E-state index contributed by atoms with van der Waals surface area (Å²) in [4.78, 5) is 0. The molecular weight excluding hydrogens is 280 g/mol. The molecule has 0 N–H and O–H groups in total. The molecule has 0 saturated carbocycles. The van der Waals surface area contributed by atoms with Gasteiger partial charge in [0, 0.05) is 5.56 Å². The number of aryl methyl sites for hydroxylation is 2. The van der Waals surface area contributed by atoms with E-state index >= 15 is 0 Å². The zero-order valence-electron chi connectivity index (χ0n) is 11.9. The van der Waals surface area contributed by atoms with E-state index in [9.17, 15) is 0 Å². The van der Waals surface area contributed by atoms with Crippen LogP contribution in [0.25, 0.3) is 0 Å². The first-order valence-electron chi connectivity index (χ1n) is 7.23. The fourth-order valence-electron chi connectivity index (χ4n) is 2.65. The highest BCUT2D eigenvalue weighted by Gasteiger charge is 2.10. The Labute approximate surface area is 130 Å². The highest BCUT2D eigenvalue weighted by atomic mass is 35.5. The molecule has 1 aliphatic carbocycles. The second-order valence-corrected chi connectivity index (χ2v) is 5.47. The number of hydrogen-bond donors (Lipinski definition) is 0. The van der Waals surface area contributed by atoms with E-state index < -0.39 is 0 Å². The molecule has 0 atom stereocenters. The van der Waals surface area contributed by atoms with Crippen LogP contribution in [0.2, 0.25) is 0 Å². The molecule has 0 amide bonds. The molecule has 2 heteroatoms. The van der Waals surface area contributed by atoms with Crippen LogP contribution in [0.4, 0.5) is 0 Å². The molecule has 0 unspecified atom stereocenters. The third-order valence-corrected chi connectivity index (χ3v) is 3.86. The van der Waals surface area contributed by atoms with E-state index in [0.717, 1.165) is 11.3 Å². The SMILES string of the molecule is ClCC#Cc1ccc(OCc2ccc3c(c2)CCC3)cc1. The van der Waals surface area contributed by atoms with Crippen molar-refractivity contribution in [3.63, 3.8) is 0 Å². The third-order valence-electron chi connectivity index (χ3n) is 3.72. The fourth-order valence-corrected chi connectivity index (χ4v) is 2.72. The summed E-state index contributed by atoms with van der Waals surface area (Å²) in [5.41, 5.74) is 5.19. The van der Waals surface area contributed by atoms with Crippen LogP contribution in [-0.2, 0) is 19.4 Å². The minimum atomic E-state index is 0.358. The lowest BCUT2D eigenvalue weighted by molar-refractivity contribution is 0.306. The highest BCUT2D eigenvalue weighted by Crippen LogP contribution is 2.23. The Morgan fingerprint density at radius 3 is 2.62 bits per heavy atom. The molecule has 0 radical (unpaired) electrons. The van der Waals surface area contributed by atoms with Gasteiger partial charge in [0.05, 0.1) is 5.88 Å². The van der Waals surface area contributed by atoms with Gasteiger partial charge in [0.25, 0.3) is 0 Å². The highest BCUT2D eigenvalue weighted by molar-refractivity contribution is 6.19. The average molecular weight is 297 g/mol. The van der Waals surface area contributed by atoms with Gasteiger partial charge in [-0.05, 0) is 60.2 Å². The maximum absolute atomic E-state index is 5.84. The first-order chi connectivity index (χ1) is 10.3. The van der Waals surface area contributed by atoms with Gasteiger partial charge in [0.2, 0.25) is 0 Å². The van der Waals surface area contributed by atoms with E-state index in [1.807, 2.05) is 24.3 Å². The van der Waals surface area contributed by atoms with Crippen molar-refractivity contribution in [2.45, 2.75) is 25.9 Å². The quantitative estimate of drug-likeness (QED) is 0.604. The summed E-state index contributed by atoms with van der Waals surface area (Å²) in [6.45, 7) is 0.611. The summed E-state index contributed by atoms with van der Waals surface area (Å²) in [5.74, 6) is 7.05. The van der Waals surface area contributed by atoms with E-state index in [4.69, 9.17) is 16.3 Å². The lowest BCUT2D eigenvalue weighted by Gasteiger charge is -2.08. The number of alkyl halides is 1. The van der Waals surface area contributed by atoms with Crippen LogP contribution < -0.4 is 4.74 Å². The predicted molar refractivity (Wildman–Crippen MR) is 86.8 cm³/mol. The van der Waals surface area contributed by atoms with Crippen molar-refractivity contribution in [3.8, 4) is 17.6 Å². The summed E-state index contributed by atoms with van der Waals surface area (Å²) in [7, 11) is 0. The van der Waals surface area contributed by atoms with E-state index in [1.54, 1.807) is 0 Å². The summed E-state index contributed by atoms with van der Waals surface area (Å²) in [6, 6.07) is 14.5. The molecule has 0 aromatic heterocycles. The maximum Gasteiger partial charge on any atom is 0.119 e. The normalized spacial score (nSPS) is 12.4. The molecule has 21 heavy (non-hydrogen) atoms. The van der Waals surface area contributed by atoms with Crippen molar-refractivity contribution in [3.05, 3.63) is 64.7 Å². The van der Waals surface area contributed by atoms with Gasteiger partial charge in [-0.1, -0.05) is 30.0 Å². The predicted octanol–water partition coefficient (Wildman–Crippen LogP) is 4.34. The molecule has 0 saturated heterocycles. The Hall–Kier alpha value is -1.91. The number of rotatable bonds is 3. The third kappa shape index (κ3) is 3.60. The maximum atomic E-state index is 5.84. The molecule has 106 valence electrons. The Balaban J connectivity index is 1.62. The van der Waals surface area contributed by atoms with Crippen molar-refractivity contribution >= 4 is 11.6 Å². The van der Waals surface area contributed by atoms with Gasteiger partial charge in [-0.2, -0.15) is 0 Å². The van der Waals surface area contributed by atoms with E-state index in [-0.39, 0.29) is 0 Å². The molecule has 1 aliphatic rings. The first kappa shape index (κ1) is 14.0. The summed E-state index contributed by atoms with van der Waals surface area (Å²) >= 11 is 5.54. The molecule has 0 aliphatic heterocycles. The largest absolute Gasteiger partial charge is 0.489 e. The average Bonchev–Trinajstić information content (AvgIpc) is 2.99. The molecule has 2 aromatic rings. The summed E-state index contributed by atoms with van der Waals surface area (Å²) < 4.78 is 5.84. The van der Waals surface area contributed by atoms with Crippen LogP contribution in [0.1, 0.15) is 28.7 Å². The van der Waals surface area contributed by atoms with Gasteiger partial charge in [-0.15, -0.1) is 11.6 Å². The van der Waals surface area contributed by atoms with Crippen LogP contribution in [0.5, 0.6) is 5.75 Å². The smallest absolute Gasteiger partial charge is 0.119 e. The molecule has 0 fully saturated rings. The van der Waals surface area contributed by atoms with Crippen molar-refractivity contribution in [2.24, 2.45) is 0 Å². The summed E-state index contributed by atoms with van der Waals surface area (Å²) in [6.07, 6.45) is 3.71. The van der Waals surface area contributed by atoms with Crippen molar-refractivity contribution in [2.75, 3.05) is 5.88 Å². The van der Waals surface area contributed by atoms with E-state index in [1.165, 1.54) is 36.0 Å². The number of benzene rings is 2. The summed E-state index contributed by atoms with van der Waals surface area (Å²) in [5, 5.41) is 0. The van der Waals surface area contributed by atoms with Crippen LogP contribution in [0, 0.1) is 11.8 Å². The minimum Gasteiger partial charge on any atom is -0.489 e. The zero-order chi connectivity index (χ0) is 14.5. The molecule has 0 spiro atoms. The Bertz CT molecular complexity index is 677. The Kier molecular flexibility index (Phi) is 4.48. The number of ether oxygens (including phenoxy) is 1. The number of halogens is 1.